The van der Waals surface area contributed by atoms with Crippen molar-refractivity contribution in [2.24, 2.45) is 0 Å². The molecule has 7 nitrogen and oxygen atoms in total. The van der Waals surface area contributed by atoms with Crippen LogP contribution in [0.4, 0.5) is 19.3 Å². The molecule has 0 aliphatic carbocycles. The van der Waals surface area contributed by atoms with Crippen LogP contribution >= 0.6 is 0 Å². The molecule has 0 saturated heterocycles. The number of methoxy groups -OCH3 is 1. The van der Waals surface area contributed by atoms with Crippen molar-refractivity contribution in [1.82, 2.24) is 19.2 Å². The Labute approximate surface area is 223 Å². The lowest BCUT2D eigenvalue weighted by atomic mass is 10.0. The van der Waals surface area contributed by atoms with E-state index >= 15 is 0 Å². The van der Waals surface area contributed by atoms with Crippen molar-refractivity contribution in [3.63, 3.8) is 0 Å². The van der Waals surface area contributed by atoms with E-state index in [0.29, 0.717) is 5.75 Å². The van der Waals surface area contributed by atoms with Crippen LogP contribution < -0.4 is 10.1 Å². The van der Waals surface area contributed by atoms with Gasteiger partial charge in [0.25, 0.3) is 0 Å². The second-order valence-electron chi connectivity index (χ2n) is 9.30. The molecular formula is C30H25F2N5O2. The van der Waals surface area contributed by atoms with Crippen LogP contribution in [0.1, 0.15) is 28.6 Å². The maximum absolute atomic E-state index is 14.5. The first kappa shape index (κ1) is 24.4. The lowest BCUT2D eigenvalue weighted by Crippen LogP contribution is -2.38. The number of urea groups is 1. The zero-order chi connectivity index (χ0) is 27.1. The maximum atomic E-state index is 14.5. The zero-order valence-electron chi connectivity index (χ0n) is 21.3. The fourth-order valence-electron chi connectivity index (χ4n) is 5.06. The number of hydrogen-bond acceptors (Lipinski definition) is 3. The number of anilines is 1. The van der Waals surface area contributed by atoms with Crippen molar-refractivity contribution >= 4 is 11.7 Å². The fraction of sp³-hybridized carbons (Fsp3) is 0.133. The van der Waals surface area contributed by atoms with Crippen LogP contribution in [0.15, 0.2) is 91.1 Å². The third-order valence-corrected chi connectivity index (χ3v) is 6.95. The van der Waals surface area contributed by atoms with Gasteiger partial charge in [-0.3, -0.25) is 0 Å². The highest BCUT2D eigenvalue weighted by molar-refractivity contribution is 5.90. The van der Waals surface area contributed by atoms with E-state index in [1.54, 1.807) is 12.0 Å². The molecule has 3 heterocycles. The third-order valence-electron chi connectivity index (χ3n) is 6.95. The summed E-state index contributed by atoms with van der Waals surface area (Å²) in [6, 6.07) is 23.2. The van der Waals surface area contributed by atoms with Gasteiger partial charge in [0.2, 0.25) is 0 Å². The Morgan fingerprint density at radius 1 is 1.00 bits per heavy atom. The third kappa shape index (κ3) is 4.31. The molecule has 1 aliphatic heterocycles. The Bertz CT molecular complexity index is 1660. The lowest BCUT2D eigenvalue weighted by molar-refractivity contribution is 0.194. The van der Waals surface area contributed by atoms with Gasteiger partial charge < -0.3 is 19.5 Å². The number of aryl methyl sites for hydroxylation is 1. The van der Waals surface area contributed by atoms with Gasteiger partial charge in [-0.2, -0.15) is 5.10 Å². The van der Waals surface area contributed by atoms with Gasteiger partial charge >= 0.3 is 6.03 Å². The molecule has 0 radical (unpaired) electrons. The quantitative estimate of drug-likeness (QED) is 0.296. The predicted octanol–water partition coefficient (Wildman–Crippen LogP) is 6.40. The van der Waals surface area contributed by atoms with Crippen LogP contribution in [-0.4, -0.2) is 32.4 Å². The number of para-hydroxylation sites is 1. The topological polar surface area (TPSA) is 64.3 Å². The van der Waals surface area contributed by atoms with Crippen LogP contribution in [-0.2, 0) is 6.54 Å². The number of benzene rings is 3. The van der Waals surface area contributed by atoms with Crippen LogP contribution in [0.25, 0.3) is 11.5 Å². The Kier molecular flexibility index (Phi) is 6.11. The highest BCUT2D eigenvalue weighted by atomic mass is 19.1. The van der Waals surface area contributed by atoms with Crippen LogP contribution in [0.2, 0.25) is 0 Å². The largest absolute Gasteiger partial charge is 0.497 e. The molecule has 196 valence electrons. The van der Waals surface area contributed by atoms with Gasteiger partial charge in [-0.15, -0.1) is 0 Å². The SMILES string of the molecule is COc1ccc(C2c3cccn3-c3c(c(C)nn3-c3ccccc3)CN2C(=O)Nc2ccc(F)cc2F)cc1. The summed E-state index contributed by atoms with van der Waals surface area (Å²) in [5, 5.41) is 7.48. The highest BCUT2D eigenvalue weighted by Gasteiger charge is 2.36. The minimum atomic E-state index is -0.851. The second kappa shape index (κ2) is 9.75. The molecule has 0 saturated carbocycles. The van der Waals surface area contributed by atoms with Crippen molar-refractivity contribution in [1.29, 1.82) is 0 Å². The maximum Gasteiger partial charge on any atom is 0.323 e. The van der Waals surface area contributed by atoms with Gasteiger partial charge in [-0.1, -0.05) is 30.3 Å². The number of ether oxygens (including phenoxy) is 1. The summed E-state index contributed by atoms with van der Waals surface area (Å²) >= 11 is 0. The molecule has 2 aromatic heterocycles. The Balaban J connectivity index is 1.52. The Morgan fingerprint density at radius 3 is 2.49 bits per heavy atom. The van der Waals surface area contributed by atoms with Crippen LogP contribution in [0.3, 0.4) is 0 Å². The number of hydrogen-bond donors (Lipinski definition) is 1. The number of aromatic nitrogens is 3. The molecule has 39 heavy (non-hydrogen) atoms. The monoisotopic (exact) mass is 525 g/mol. The van der Waals surface area contributed by atoms with E-state index in [-0.39, 0.29) is 12.2 Å². The Hall–Kier alpha value is -4.92. The van der Waals surface area contributed by atoms with Crippen molar-refractivity contribution in [3.05, 3.63) is 125 Å². The summed E-state index contributed by atoms with van der Waals surface area (Å²) in [4.78, 5) is 15.5. The molecule has 5 aromatic rings. The van der Waals surface area contributed by atoms with E-state index < -0.39 is 23.7 Å². The van der Waals surface area contributed by atoms with Gasteiger partial charge in [0.15, 0.2) is 0 Å². The summed E-state index contributed by atoms with van der Waals surface area (Å²) in [7, 11) is 1.59. The smallest absolute Gasteiger partial charge is 0.323 e. The molecule has 0 spiro atoms. The van der Waals surface area contributed by atoms with E-state index in [4.69, 9.17) is 9.84 Å². The summed E-state index contributed by atoms with van der Waals surface area (Å²) < 4.78 is 37.3. The summed E-state index contributed by atoms with van der Waals surface area (Å²) in [6.07, 6.45) is 1.95. The minimum Gasteiger partial charge on any atom is -0.497 e. The number of rotatable bonds is 4. The van der Waals surface area contributed by atoms with Crippen molar-refractivity contribution in [3.8, 4) is 17.3 Å². The number of fused-ring (bicyclic) bond motifs is 3. The molecule has 1 atom stereocenters. The van der Waals surface area contributed by atoms with Crippen molar-refractivity contribution in [2.75, 3.05) is 12.4 Å². The van der Waals surface area contributed by atoms with Gasteiger partial charge in [0, 0.05) is 17.8 Å². The van der Waals surface area contributed by atoms with E-state index in [0.717, 1.165) is 46.2 Å². The molecule has 0 bridgehead atoms. The lowest BCUT2D eigenvalue weighted by Gasteiger charge is -2.31. The van der Waals surface area contributed by atoms with E-state index in [2.05, 4.69) is 5.32 Å². The van der Waals surface area contributed by atoms with Crippen LogP contribution in [0.5, 0.6) is 5.75 Å². The van der Waals surface area contributed by atoms with E-state index in [1.807, 2.05) is 89.1 Å². The molecule has 1 N–H and O–H groups in total. The number of nitrogens with one attached hydrogen (secondary N) is 1. The minimum absolute atomic E-state index is 0.105. The summed E-state index contributed by atoms with van der Waals surface area (Å²) in [5.41, 5.74) is 4.05. The average Bonchev–Trinajstić information content (AvgIpc) is 3.51. The first-order chi connectivity index (χ1) is 18.9. The number of carbonyl (C=O) groups excluding carboxylic acids is 1. The molecule has 3 aromatic carbocycles. The van der Waals surface area contributed by atoms with E-state index in [1.165, 1.54) is 6.07 Å². The standard InChI is InChI=1S/C30H25F2N5O2/c1-19-24-18-36(30(38)33-26-15-12-21(31)17-25(26)32)28(20-10-13-23(39-2)14-11-20)27-9-6-16-35(27)29(24)37(34-19)22-7-4-3-5-8-22/h3-17,28H,18H2,1-2H3,(H,33,38). The summed E-state index contributed by atoms with van der Waals surface area (Å²) in [5.74, 6) is -0.0643. The Morgan fingerprint density at radius 2 is 1.77 bits per heavy atom. The second-order valence-corrected chi connectivity index (χ2v) is 9.30. The number of amides is 2. The van der Waals surface area contributed by atoms with Gasteiger partial charge in [-0.05, 0) is 61.0 Å². The highest BCUT2D eigenvalue weighted by Crippen LogP contribution is 2.39. The van der Waals surface area contributed by atoms with Crippen LogP contribution in [0, 0.1) is 18.6 Å². The molecule has 9 heteroatoms. The molecule has 0 fully saturated rings. The molecular weight excluding hydrogens is 500 g/mol. The average molecular weight is 526 g/mol. The molecule has 1 unspecified atom stereocenters. The van der Waals surface area contributed by atoms with Crippen molar-refractivity contribution in [2.45, 2.75) is 19.5 Å². The fourth-order valence-corrected chi connectivity index (χ4v) is 5.06. The number of carbonyl (C=O) groups is 1. The van der Waals surface area contributed by atoms with Crippen molar-refractivity contribution < 1.29 is 18.3 Å². The predicted molar refractivity (Wildman–Crippen MR) is 143 cm³/mol. The molecule has 2 amide bonds. The molecule has 6 rings (SSSR count). The van der Waals surface area contributed by atoms with E-state index in [9.17, 15) is 13.6 Å². The van der Waals surface area contributed by atoms with Gasteiger partial charge in [-0.25, -0.2) is 18.3 Å². The number of nitrogens with zero attached hydrogens (tertiary/aromatic N) is 4. The first-order valence-corrected chi connectivity index (χ1v) is 12.4. The normalized spacial score (nSPS) is 14.4. The van der Waals surface area contributed by atoms with Gasteiger partial charge in [0.1, 0.15) is 23.2 Å². The van der Waals surface area contributed by atoms with Gasteiger partial charge in [0.05, 0.1) is 42.5 Å². The summed E-state index contributed by atoms with van der Waals surface area (Å²) in [6.45, 7) is 2.10. The number of halogens is 2. The first-order valence-electron chi connectivity index (χ1n) is 12.4. The zero-order valence-corrected chi connectivity index (χ0v) is 21.3. The molecule has 1 aliphatic rings.